The van der Waals surface area contributed by atoms with E-state index < -0.39 is 16.5 Å². The van der Waals surface area contributed by atoms with Gasteiger partial charge in [-0.15, -0.1) is 0 Å². The van der Waals surface area contributed by atoms with Gasteiger partial charge < -0.3 is 14.5 Å². The molecule has 4 rings (SSSR count). The third-order valence-corrected chi connectivity index (χ3v) is 5.17. The van der Waals surface area contributed by atoms with Crippen molar-refractivity contribution >= 4 is 17.3 Å². The topological polar surface area (TPSA) is 126 Å². The molecule has 2 heterocycles. The van der Waals surface area contributed by atoms with Crippen molar-refractivity contribution in [3.8, 4) is 11.4 Å². The van der Waals surface area contributed by atoms with Crippen LogP contribution in [-0.4, -0.2) is 54.3 Å². The standard InChI is InChI=1S/C20H19N5O6/c1-30-17-8-6-15(7-9-17)24-18(20(27)31-21-24)19(26)23-12-10-22(11-13-23)14-2-4-16(5-3-14)25(28)29/h2-9H,10-13H2,1H3/p+1. The molecule has 0 bridgehead atoms. The summed E-state index contributed by atoms with van der Waals surface area (Å²) in [4.78, 5) is 39.3. The quantitative estimate of drug-likeness (QED) is 0.368. The summed E-state index contributed by atoms with van der Waals surface area (Å²) in [5.74, 6) is 0.208. The summed E-state index contributed by atoms with van der Waals surface area (Å²) in [6, 6.07) is 13.1. The molecule has 11 heteroatoms. The molecule has 11 nitrogen and oxygen atoms in total. The highest BCUT2D eigenvalue weighted by atomic mass is 16.6. The molecule has 1 saturated heterocycles. The van der Waals surface area contributed by atoms with Crippen LogP contribution in [0.15, 0.2) is 57.8 Å². The molecule has 2 aromatic carbocycles. The second kappa shape index (κ2) is 8.30. The number of benzene rings is 2. The minimum atomic E-state index is -0.751. The Balaban J connectivity index is 1.48. The van der Waals surface area contributed by atoms with Gasteiger partial charge in [0.25, 0.3) is 5.69 Å². The van der Waals surface area contributed by atoms with Gasteiger partial charge >= 0.3 is 17.2 Å². The van der Waals surface area contributed by atoms with Gasteiger partial charge in [-0.3, -0.25) is 19.4 Å². The molecule has 1 amide bonds. The maximum atomic E-state index is 13.1. The van der Waals surface area contributed by atoms with Crippen molar-refractivity contribution < 1.29 is 23.7 Å². The molecule has 1 aliphatic rings. The molecular formula is C20H20N5O6+. The van der Waals surface area contributed by atoms with Gasteiger partial charge in [-0.25, -0.2) is 4.79 Å². The lowest BCUT2D eigenvalue weighted by atomic mass is 10.2. The first-order valence-corrected chi connectivity index (χ1v) is 9.54. The number of hydrogen-bond acceptors (Lipinski definition) is 7. The Morgan fingerprint density at radius 1 is 1.10 bits per heavy atom. The minimum Gasteiger partial charge on any atom is -0.497 e. The highest BCUT2D eigenvalue weighted by molar-refractivity contribution is 5.90. The Hall–Kier alpha value is -4.15. The van der Waals surface area contributed by atoms with E-state index in [0.29, 0.717) is 37.6 Å². The third kappa shape index (κ3) is 3.97. The molecule has 160 valence electrons. The zero-order valence-electron chi connectivity index (χ0n) is 16.7. The lowest BCUT2D eigenvalue weighted by molar-refractivity contribution is -0.672. The van der Waals surface area contributed by atoms with Crippen LogP contribution in [0.25, 0.3) is 5.69 Å². The van der Waals surface area contributed by atoms with Crippen molar-refractivity contribution in [3.63, 3.8) is 0 Å². The largest absolute Gasteiger partial charge is 0.497 e. The zero-order valence-corrected chi connectivity index (χ0v) is 16.7. The van der Waals surface area contributed by atoms with Crippen LogP contribution < -0.4 is 19.9 Å². The van der Waals surface area contributed by atoms with Gasteiger partial charge in [-0.2, -0.15) is 0 Å². The molecule has 0 saturated carbocycles. The third-order valence-electron chi connectivity index (χ3n) is 5.17. The molecule has 0 aliphatic carbocycles. The molecule has 1 aromatic heterocycles. The number of nitro groups is 1. The van der Waals surface area contributed by atoms with Crippen LogP contribution in [0.1, 0.15) is 10.5 Å². The molecule has 0 atom stereocenters. The number of aromatic nitrogens is 2. The van der Waals surface area contributed by atoms with Gasteiger partial charge in [0.05, 0.1) is 12.0 Å². The number of amides is 1. The molecular weight excluding hydrogens is 406 g/mol. The first-order valence-electron chi connectivity index (χ1n) is 9.54. The number of aromatic amines is 1. The first kappa shape index (κ1) is 20.1. The van der Waals surface area contributed by atoms with Gasteiger partial charge in [0.2, 0.25) is 5.69 Å². The van der Waals surface area contributed by atoms with Crippen molar-refractivity contribution in [2.75, 3.05) is 38.2 Å². The Morgan fingerprint density at radius 3 is 2.32 bits per heavy atom. The van der Waals surface area contributed by atoms with Gasteiger partial charge in [-0.1, -0.05) is 0 Å². The minimum absolute atomic E-state index is 0.0276. The van der Waals surface area contributed by atoms with Gasteiger partial charge in [-0.05, 0) is 34.2 Å². The number of anilines is 1. The van der Waals surface area contributed by atoms with E-state index in [1.54, 1.807) is 48.4 Å². The smallest absolute Gasteiger partial charge is 0.441 e. The first-order chi connectivity index (χ1) is 15.0. The number of nitro benzene ring substituents is 1. The predicted molar refractivity (Wildman–Crippen MR) is 109 cm³/mol. The SMILES string of the molecule is COc1ccc(-[n+]2[nH]oc(=O)c2C(=O)N2CCN(c3ccc([N+](=O)[O-])cc3)CC2)cc1. The van der Waals surface area contributed by atoms with Crippen LogP contribution in [-0.2, 0) is 0 Å². The molecule has 0 unspecified atom stereocenters. The van der Waals surface area contributed by atoms with E-state index in [2.05, 4.69) is 5.27 Å². The second-order valence-electron chi connectivity index (χ2n) is 6.92. The van der Waals surface area contributed by atoms with E-state index in [9.17, 15) is 19.7 Å². The Labute approximate surface area is 176 Å². The van der Waals surface area contributed by atoms with Crippen LogP contribution >= 0.6 is 0 Å². The summed E-state index contributed by atoms with van der Waals surface area (Å²) < 4.78 is 11.3. The average Bonchev–Trinajstić information content (AvgIpc) is 3.20. The van der Waals surface area contributed by atoms with Crippen LogP contribution in [0.2, 0.25) is 0 Å². The van der Waals surface area contributed by atoms with E-state index in [1.165, 1.54) is 16.8 Å². The summed E-state index contributed by atoms with van der Waals surface area (Å²) >= 11 is 0. The molecule has 3 aromatic rings. The number of H-pyrrole nitrogens is 1. The van der Waals surface area contributed by atoms with Gasteiger partial charge in [0, 0.05) is 56.1 Å². The molecule has 1 fully saturated rings. The number of non-ortho nitro benzene ring substituents is 1. The molecule has 31 heavy (non-hydrogen) atoms. The number of carbonyl (C=O) groups excluding carboxylic acids is 1. The number of piperazine rings is 1. The molecule has 1 aliphatic heterocycles. The Bertz CT molecular complexity index is 1140. The van der Waals surface area contributed by atoms with Gasteiger partial charge in [0.1, 0.15) is 5.75 Å². The fourth-order valence-electron chi connectivity index (χ4n) is 3.47. The van der Waals surface area contributed by atoms with E-state index in [4.69, 9.17) is 9.26 Å². The van der Waals surface area contributed by atoms with Crippen molar-refractivity contribution in [2.45, 2.75) is 0 Å². The Kier molecular flexibility index (Phi) is 5.39. The van der Waals surface area contributed by atoms with Crippen molar-refractivity contribution in [1.29, 1.82) is 0 Å². The average molecular weight is 426 g/mol. The van der Waals surface area contributed by atoms with Crippen molar-refractivity contribution in [3.05, 3.63) is 74.8 Å². The maximum absolute atomic E-state index is 13.1. The summed E-state index contributed by atoms with van der Waals surface area (Å²) in [7, 11) is 1.55. The lowest BCUT2D eigenvalue weighted by Gasteiger charge is -2.35. The lowest BCUT2D eigenvalue weighted by Crippen LogP contribution is -2.53. The fraction of sp³-hybridized carbons (Fsp3) is 0.250. The predicted octanol–water partition coefficient (Wildman–Crippen LogP) is 1.12. The maximum Gasteiger partial charge on any atom is 0.441 e. The second-order valence-corrected chi connectivity index (χ2v) is 6.92. The van der Waals surface area contributed by atoms with Gasteiger partial charge in [0.15, 0.2) is 0 Å². The number of nitrogens with one attached hydrogen (secondary N) is 1. The van der Waals surface area contributed by atoms with Crippen molar-refractivity contribution in [2.24, 2.45) is 0 Å². The summed E-state index contributed by atoms with van der Waals surface area (Å²) in [5.41, 5.74) is 0.555. The van der Waals surface area contributed by atoms with Crippen molar-refractivity contribution in [1.82, 2.24) is 10.2 Å². The summed E-state index contributed by atoms with van der Waals surface area (Å²) in [6.45, 7) is 1.84. The van der Waals surface area contributed by atoms with E-state index in [0.717, 1.165) is 5.69 Å². The Morgan fingerprint density at radius 2 is 1.74 bits per heavy atom. The summed E-state index contributed by atoms with van der Waals surface area (Å²) in [5, 5.41) is 13.3. The number of methoxy groups -OCH3 is 1. The van der Waals surface area contributed by atoms with Crippen LogP contribution in [0.5, 0.6) is 5.75 Å². The monoisotopic (exact) mass is 426 g/mol. The van der Waals surface area contributed by atoms with Crippen LogP contribution in [0.4, 0.5) is 11.4 Å². The van der Waals surface area contributed by atoms with Crippen LogP contribution in [0, 0.1) is 10.1 Å². The highest BCUT2D eigenvalue weighted by Crippen LogP contribution is 2.21. The van der Waals surface area contributed by atoms with Crippen LogP contribution in [0.3, 0.4) is 0 Å². The van der Waals surface area contributed by atoms with E-state index in [-0.39, 0.29) is 11.4 Å². The van der Waals surface area contributed by atoms with E-state index in [1.807, 2.05) is 4.90 Å². The highest BCUT2D eigenvalue weighted by Gasteiger charge is 2.35. The number of hydrogen-bond donors (Lipinski definition) is 1. The number of carbonyl (C=O) groups is 1. The number of nitrogens with zero attached hydrogens (tertiary/aromatic N) is 4. The molecule has 1 N–H and O–H groups in total. The van der Waals surface area contributed by atoms with E-state index >= 15 is 0 Å². The number of ether oxygens (including phenoxy) is 1. The number of rotatable bonds is 5. The molecule has 0 spiro atoms. The molecule has 0 radical (unpaired) electrons. The fourth-order valence-corrected chi connectivity index (χ4v) is 3.47. The zero-order chi connectivity index (χ0) is 22.0. The normalized spacial score (nSPS) is 13.8. The summed E-state index contributed by atoms with van der Waals surface area (Å²) in [6.07, 6.45) is 0.